The van der Waals surface area contributed by atoms with Crippen molar-refractivity contribution in [3.63, 3.8) is 0 Å². The van der Waals surface area contributed by atoms with Crippen LogP contribution in [-0.4, -0.2) is 22.4 Å². The number of amides is 2. The summed E-state index contributed by atoms with van der Waals surface area (Å²) in [5.41, 5.74) is 2.78. The maximum absolute atomic E-state index is 14.0. The molecule has 1 aliphatic rings. The SMILES string of the molecule is CSc1ccc(C2NC(=O)N(c3ccc(F)c(F)c3)C(C)=C2c2nc(-c3ccccc3)no2)cc1. The van der Waals surface area contributed by atoms with Crippen molar-refractivity contribution in [2.75, 3.05) is 11.2 Å². The molecule has 9 heteroatoms. The first kappa shape index (κ1) is 22.8. The van der Waals surface area contributed by atoms with Crippen LogP contribution in [0.4, 0.5) is 19.3 Å². The van der Waals surface area contributed by atoms with Gasteiger partial charge in [0.2, 0.25) is 5.82 Å². The summed E-state index contributed by atoms with van der Waals surface area (Å²) in [5.74, 6) is -1.44. The number of nitrogens with one attached hydrogen (secondary N) is 1. The third kappa shape index (κ3) is 4.30. The summed E-state index contributed by atoms with van der Waals surface area (Å²) >= 11 is 1.61. The zero-order chi connectivity index (χ0) is 24.5. The van der Waals surface area contributed by atoms with E-state index >= 15 is 0 Å². The van der Waals surface area contributed by atoms with Crippen molar-refractivity contribution in [1.29, 1.82) is 0 Å². The molecule has 0 saturated heterocycles. The van der Waals surface area contributed by atoms with Gasteiger partial charge in [0.05, 0.1) is 17.3 Å². The smallest absolute Gasteiger partial charge is 0.327 e. The number of anilines is 1. The first-order chi connectivity index (χ1) is 17.0. The van der Waals surface area contributed by atoms with Crippen LogP contribution in [-0.2, 0) is 0 Å². The molecule has 2 amide bonds. The number of allylic oxidation sites excluding steroid dienone is 1. The number of carbonyl (C=O) groups excluding carboxylic acids is 1. The van der Waals surface area contributed by atoms with E-state index < -0.39 is 23.7 Å². The predicted molar refractivity (Wildman–Crippen MR) is 131 cm³/mol. The van der Waals surface area contributed by atoms with Crippen LogP contribution in [0.1, 0.15) is 24.4 Å². The molecule has 2 heterocycles. The quantitative estimate of drug-likeness (QED) is 0.326. The van der Waals surface area contributed by atoms with Crippen LogP contribution in [0.25, 0.3) is 17.0 Å². The fourth-order valence-electron chi connectivity index (χ4n) is 4.04. The van der Waals surface area contributed by atoms with E-state index in [-0.39, 0.29) is 11.6 Å². The molecule has 5 rings (SSSR count). The third-order valence-electron chi connectivity index (χ3n) is 5.78. The highest BCUT2D eigenvalue weighted by Crippen LogP contribution is 2.39. The molecule has 1 aromatic heterocycles. The molecule has 0 aliphatic carbocycles. The second kappa shape index (κ2) is 9.34. The fourth-order valence-corrected chi connectivity index (χ4v) is 4.45. The van der Waals surface area contributed by atoms with Crippen LogP contribution < -0.4 is 10.2 Å². The van der Waals surface area contributed by atoms with Crippen LogP contribution >= 0.6 is 11.8 Å². The minimum Gasteiger partial charge on any atom is -0.334 e. The van der Waals surface area contributed by atoms with E-state index in [1.807, 2.05) is 60.9 Å². The Morgan fingerprint density at radius 3 is 2.43 bits per heavy atom. The van der Waals surface area contributed by atoms with Crippen molar-refractivity contribution in [3.8, 4) is 11.4 Å². The largest absolute Gasteiger partial charge is 0.334 e. The number of carbonyl (C=O) groups is 1. The Hall–Kier alpha value is -3.98. The molecule has 4 aromatic rings. The van der Waals surface area contributed by atoms with Crippen molar-refractivity contribution in [2.45, 2.75) is 17.9 Å². The lowest BCUT2D eigenvalue weighted by Crippen LogP contribution is -2.46. The standard InChI is InChI=1S/C26H20F2N4O2S/c1-15-22(25-30-24(31-34-25)17-6-4-3-5-7-17)23(16-8-11-19(35-2)12-9-16)29-26(33)32(15)18-10-13-20(27)21(28)14-18/h3-14,23H,1-2H3,(H,29,33). The van der Waals surface area contributed by atoms with Crippen molar-refractivity contribution >= 4 is 29.1 Å². The summed E-state index contributed by atoms with van der Waals surface area (Å²) in [6.45, 7) is 1.71. The zero-order valence-electron chi connectivity index (χ0n) is 18.8. The second-order valence-electron chi connectivity index (χ2n) is 7.88. The van der Waals surface area contributed by atoms with E-state index in [0.29, 0.717) is 17.1 Å². The van der Waals surface area contributed by atoms with Crippen molar-refractivity contribution in [3.05, 3.63) is 102 Å². The highest BCUT2D eigenvalue weighted by molar-refractivity contribution is 7.98. The van der Waals surface area contributed by atoms with E-state index in [1.54, 1.807) is 18.7 Å². The van der Waals surface area contributed by atoms with Crippen LogP contribution in [0.5, 0.6) is 0 Å². The summed E-state index contributed by atoms with van der Waals surface area (Å²) in [7, 11) is 0. The highest BCUT2D eigenvalue weighted by Gasteiger charge is 2.36. The van der Waals surface area contributed by atoms with Gasteiger partial charge >= 0.3 is 6.03 Å². The number of nitrogens with zero attached hydrogens (tertiary/aromatic N) is 3. The van der Waals surface area contributed by atoms with Gasteiger partial charge in [-0.25, -0.2) is 13.6 Å². The van der Waals surface area contributed by atoms with Crippen LogP contribution in [0, 0.1) is 11.6 Å². The Labute approximate surface area is 204 Å². The van der Waals surface area contributed by atoms with Crippen LogP contribution in [0.15, 0.2) is 87.9 Å². The highest BCUT2D eigenvalue weighted by atomic mass is 32.2. The molecule has 0 saturated carbocycles. The molecule has 176 valence electrons. The minimum atomic E-state index is -1.05. The monoisotopic (exact) mass is 490 g/mol. The van der Waals surface area contributed by atoms with Gasteiger partial charge in [0, 0.05) is 22.2 Å². The lowest BCUT2D eigenvalue weighted by molar-refractivity contribution is 0.244. The number of hydrogen-bond donors (Lipinski definition) is 1. The van der Waals surface area contributed by atoms with E-state index in [4.69, 9.17) is 4.52 Å². The molecule has 1 unspecified atom stereocenters. The summed E-state index contributed by atoms with van der Waals surface area (Å²) in [6.07, 6.45) is 1.98. The molecular formula is C26H20F2N4O2S. The van der Waals surface area contributed by atoms with E-state index in [1.165, 1.54) is 11.0 Å². The number of urea groups is 1. The van der Waals surface area contributed by atoms with Gasteiger partial charge in [0.25, 0.3) is 5.89 Å². The van der Waals surface area contributed by atoms with Gasteiger partial charge in [0.15, 0.2) is 11.6 Å². The van der Waals surface area contributed by atoms with E-state index in [9.17, 15) is 13.6 Å². The Kier molecular flexibility index (Phi) is 6.08. The molecule has 1 atom stereocenters. The maximum atomic E-state index is 14.0. The van der Waals surface area contributed by atoms with Gasteiger partial charge in [-0.3, -0.25) is 4.90 Å². The normalized spacial score (nSPS) is 15.9. The number of aromatic nitrogens is 2. The van der Waals surface area contributed by atoms with Crippen molar-refractivity contribution in [1.82, 2.24) is 15.5 Å². The number of rotatable bonds is 5. The zero-order valence-corrected chi connectivity index (χ0v) is 19.6. The minimum absolute atomic E-state index is 0.176. The average molecular weight is 491 g/mol. The molecular weight excluding hydrogens is 470 g/mol. The maximum Gasteiger partial charge on any atom is 0.327 e. The average Bonchev–Trinajstić information content (AvgIpc) is 3.36. The molecule has 0 fully saturated rings. The number of hydrogen-bond acceptors (Lipinski definition) is 5. The Morgan fingerprint density at radius 2 is 1.74 bits per heavy atom. The van der Waals surface area contributed by atoms with Gasteiger partial charge in [-0.15, -0.1) is 11.8 Å². The second-order valence-corrected chi connectivity index (χ2v) is 8.76. The molecule has 35 heavy (non-hydrogen) atoms. The van der Waals surface area contributed by atoms with Gasteiger partial charge in [0.1, 0.15) is 0 Å². The molecule has 0 spiro atoms. The molecule has 1 N–H and O–H groups in total. The number of thioether (sulfide) groups is 1. The topological polar surface area (TPSA) is 71.3 Å². The lowest BCUT2D eigenvalue weighted by Gasteiger charge is -2.35. The summed E-state index contributed by atoms with van der Waals surface area (Å²) in [4.78, 5) is 20.2. The van der Waals surface area contributed by atoms with Gasteiger partial charge in [-0.1, -0.05) is 47.6 Å². The Bertz CT molecular complexity index is 1420. The lowest BCUT2D eigenvalue weighted by atomic mass is 9.94. The number of halogens is 2. The third-order valence-corrected chi connectivity index (χ3v) is 6.53. The predicted octanol–water partition coefficient (Wildman–Crippen LogP) is 6.44. The summed E-state index contributed by atoms with van der Waals surface area (Å²) in [6, 6.07) is 19.4. The summed E-state index contributed by atoms with van der Waals surface area (Å²) in [5, 5.41) is 7.09. The van der Waals surface area contributed by atoms with Gasteiger partial charge < -0.3 is 9.84 Å². The number of benzene rings is 3. The van der Waals surface area contributed by atoms with E-state index in [0.717, 1.165) is 28.2 Å². The van der Waals surface area contributed by atoms with E-state index in [2.05, 4.69) is 15.5 Å². The van der Waals surface area contributed by atoms with Crippen LogP contribution in [0.2, 0.25) is 0 Å². The van der Waals surface area contributed by atoms with Gasteiger partial charge in [-0.05, 0) is 43.0 Å². The fraction of sp³-hybridized carbons (Fsp3) is 0.115. The molecule has 6 nitrogen and oxygen atoms in total. The summed E-state index contributed by atoms with van der Waals surface area (Å²) < 4.78 is 33.2. The first-order valence-electron chi connectivity index (χ1n) is 10.8. The van der Waals surface area contributed by atoms with Crippen LogP contribution in [0.3, 0.4) is 0 Å². The first-order valence-corrected chi connectivity index (χ1v) is 12.0. The van der Waals surface area contributed by atoms with Crippen molar-refractivity contribution in [2.24, 2.45) is 0 Å². The van der Waals surface area contributed by atoms with Gasteiger partial charge in [-0.2, -0.15) is 4.98 Å². The molecule has 3 aromatic carbocycles. The molecule has 1 aliphatic heterocycles. The Balaban J connectivity index is 1.65. The molecule has 0 radical (unpaired) electrons. The Morgan fingerprint density at radius 1 is 1.00 bits per heavy atom. The van der Waals surface area contributed by atoms with Crippen molar-refractivity contribution < 1.29 is 18.1 Å². The molecule has 0 bridgehead atoms.